The number of hydrogen-bond donors (Lipinski definition) is 0. The average Bonchev–Trinajstić information content (AvgIpc) is 2.79. The molecule has 4 aliphatic rings. The second-order valence-corrected chi connectivity index (χ2v) is 7.49. The van der Waals surface area contributed by atoms with Crippen molar-refractivity contribution in [3.05, 3.63) is 23.3 Å². The first-order chi connectivity index (χ1) is 9.17. The SMILES string of the molecule is C[C@]12CC=C3[C@H]4CCC(=O)CC4=CC[C@H]3[C@@H]1CCC2. The zero-order valence-electron chi connectivity index (χ0n) is 12.0. The number of carbonyl (C=O) groups excluding carboxylic acids is 1. The predicted octanol–water partition coefficient (Wildman–Crippen LogP) is 4.44. The van der Waals surface area contributed by atoms with Gasteiger partial charge in [-0.25, -0.2) is 0 Å². The topological polar surface area (TPSA) is 17.1 Å². The van der Waals surface area contributed by atoms with Crippen LogP contribution in [0.5, 0.6) is 0 Å². The summed E-state index contributed by atoms with van der Waals surface area (Å²) in [4.78, 5) is 11.7. The zero-order valence-corrected chi connectivity index (χ0v) is 12.0. The summed E-state index contributed by atoms with van der Waals surface area (Å²) < 4.78 is 0. The van der Waals surface area contributed by atoms with Crippen molar-refractivity contribution < 1.29 is 4.79 Å². The molecule has 0 radical (unpaired) electrons. The normalized spacial score (nSPS) is 44.9. The van der Waals surface area contributed by atoms with Gasteiger partial charge in [-0.15, -0.1) is 0 Å². The van der Waals surface area contributed by atoms with Gasteiger partial charge in [0.25, 0.3) is 0 Å². The third-order valence-electron chi connectivity index (χ3n) is 6.47. The van der Waals surface area contributed by atoms with E-state index < -0.39 is 0 Å². The van der Waals surface area contributed by atoms with E-state index in [0.717, 1.165) is 31.1 Å². The van der Waals surface area contributed by atoms with Crippen LogP contribution in [0.1, 0.15) is 58.3 Å². The van der Waals surface area contributed by atoms with Crippen molar-refractivity contribution in [1.29, 1.82) is 0 Å². The molecule has 0 aromatic carbocycles. The highest BCUT2D eigenvalue weighted by Gasteiger charge is 2.48. The predicted molar refractivity (Wildman–Crippen MR) is 76.7 cm³/mol. The van der Waals surface area contributed by atoms with Crippen LogP contribution in [0, 0.1) is 23.2 Å². The second kappa shape index (κ2) is 4.07. The Kier molecular flexibility index (Phi) is 2.56. The third-order valence-corrected chi connectivity index (χ3v) is 6.47. The van der Waals surface area contributed by atoms with Gasteiger partial charge in [-0.3, -0.25) is 4.79 Å². The van der Waals surface area contributed by atoms with Gasteiger partial charge in [0.2, 0.25) is 0 Å². The van der Waals surface area contributed by atoms with Crippen molar-refractivity contribution in [2.75, 3.05) is 0 Å². The maximum absolute atomic E-state index is 11.7. The highest BCUT2D eigenvalue weighted by atomic mass is 16.1. The Morgan fingerprint density at radius 3 is 3.05 bits per heavy atom. The number of hydrogen-bond acceptors (Lipinski definition) is 1. The molecule has 1 heteroatoms. The van der Waals surface area contributed by atoms with Gasteiger partial charge in [-0.2, -0.15) is 0 Å². The lowest BCUT2D eigenvalue weighted by molar-refractivity contribution is -0.119. The molecule has 102 valence electrons. The van der Waals surface area contributed by atoms with Crippen molar-refractivity contribution in [2.45, 2.75) is 58.3 Å². The van der Waals surface area contributed by atoms with E-state index in [4.69, 9.17) is 0 Å². The lowest BCUT2D eigenvalue weighted by atomic mass is 9.58. The van der Waals surface area contributed by atoms with Gasteiger partial charge in [0, 0.05) is 18.8 Å². The van der Waals surface area contributed by atoms with E-state index >= 15 is 0 Å². The van der Waals surface area contributed by atoms with Crippen LogP contribution >= 0.6 is 0 Å². The van der Waals surface area contributed by atoms with Gasteiger partial charge in [-0.1, -0.05) is 36.6 Å². The molecule has 0 spiro atoms. The smallest absolute Gasteiger partial charge is 0.136 e. The minimum atomic E-state index is 0.461. The van der Waals surface area contributed by atoms with Crippen LogP contribution in [-0.4, -0.2) is 5.78 Å². The highest BCUT2D eigenvalue weighted by Crippen LogP contribution is 2.58. The molecular formula is C18H24O. The molecule has 0 bridgehead atoms. The molecule has 2 saturated carbocycles. The molecule has 0 aromatic heterocycles. The van der Waals surface area contributed by atoms with Crippen molar-refractivity contribution in [1.82, 2.24) is 0 Å². The maximum Gasteiger partial charge on any atom is 0.136 e. The fourth-order valence-electron chi connectivity index (χ4n) is 5.44. The quantitative estimate of drug-likeness (QED) is 0.586. The van der Waals surface area contributed by atoms with Crippen molar-refractivity contribution in [2.24, 2.45) is 23.2 Å². The zero-order chi connectivity index (χ0) is 13.0. The van der Waals surface area contributed by atoms with Crippen LogP contribution in [0.2, 0.25) is 0 Å². The Morgan fingerprint density at radius 2 is 2.16 bits per heavy atom. The first-order valence-electron chi connectivity index (χ1n) is 8.08. The monoisotopic (exact) mass is 256 g/mol. The third kappa shape index (κ3) is 1.70. The summed E-state index contributed by atoms with van der Waals surface area (Å²) >= 11 is 0. The van der Waals surface area contributed by atoms with Gasteiger partial charge in [0.05, 0.1) is 0 Å². The molecule has 0 saturated heterocycles. The summed E-state index contributed by atoms with van der Waals surface area (Å²) in [6, 6.07) is 0. The summed E-state index contributed by atoms with van der Waals surface area (Å²) in [5, 5.41) is 0. The largest absolute Gasteiger partial charge is 0.299 e. The Hall–Kier alpha value is -0.850. The molecule has 0 N–H and O–H groups in total. The second-order valence-electron chi connectivity index (χ2n) is 7.49. The molecule has 4 atom stereocenters. The summed E-state index contributed by atoms with van der Waals surface area (Å²) in [5.74, 6) is 2.83. The van der Waals surface area contributed by atoms with Crippen LogP contribution in [0.4, 0.5) is 0 Å². The molecule has 4 rings (SSSR count). The van der Waals surface area contributed by atoms with E-state index in [9.17, 15) is 4.79 Å². The molecule has 0 unspecified atom stereocenters. The Morgan fingerprint density at radius 1 is 1.26 bits per heavy atom. The van der Waals surface area contributed by atoms with Crippen LogP contribution < -0.4 is 0 Å². The van der Waals surface area contributed by atoms with Gasteiger partial charge < -0.3 is 0 Å². The van der Waals surface area contributed by atoms with Crippen molar-refractivity contribution in [3.8, 4) is 0 Å². The van der Waals surface area contributed by atoms with Crippen LogP contribution in [0.15, 0.2) is 23.3 Å². The molecule has 2 fully saturated rings. The molecule has 0 amide bonds. The standard InChI is InChI=1S/C18H24O/c1-18-9-2-3-17(18)16-6-4-12-11-13(19)5-7-14(12)15(16)8-10-18/h4,8,14,16-17H,2-3,5-7,9-11H2,1H3/t14-,16+,17-,18-/m0/s1. The fraction of sp³-hybridized carbons (Fsp3) is 0.722. The first kappa shape index (κ1) is 11.9. The summed E-state index contributed by atoms with van der Waals surface area (Å²) in [5.41, 5.74) is 3.78. The minimum absolute atomic E-state index is 0.461. The molecule has 0 aliphatic heterocycles. The van der Waals surface area contributed by atoms with E-state index in [1.807, 2.05) is 0 Å². The Bertz CT molecular complexity index is 484. The van der Waals surface area contributed by atoms with Crippen LogP contribution in [-0.2, 0) is 4.79 Å². The molecule has 0 aromatic rings. The van der Waals surface area contributed by atoms with Gasteiger partial charge in [0.15, 0.2) is 0 Å². The summed E-state index contributed by atoms with van der Waals surface area (Å²) in [6.45, 7) is 2.52. The number of carbonyl (C=O) groups is 1. The number of ketones is 1. The Labute approximate surface area is 116 Å². The number of rotatable bonds is 0. The molecule has 0 heterocycles. The lowest BCUT2D eigenvalue weighted by Crippen LogP contribution is -2.37. The molecule has 19 heavy (non-hydrogen) atoms. The average molecular weight is 256 g/mol. The van der Waals surface area contributed by atoms with Gasteiger partial charge in [-0.05, 0) is 49.4 Å². The van der Waals surface area contributed by atoms with Crippen LogP contribution in [0.3, 0.4) is 0 Å². The minimum Gasteiger partial charge on any atom is -0.299 e. The molecule has 4 aliphatic carbocycles. The van der Waals surface area contributed by atoms with E-state index in [1.165, 1.54) is 37.7 Å². The van der Waals surface area contributed by atoms with Crippen molar-refractivity contribution in [3.63, 3.8) is 0 Å². The van der Waals surface area contributed by atoms with Gasteiger partial charge >= 0.3 is 0 Å². The van der Waals surface area contributed by atoms with E-state index in [1.54, 1.807) is 5.57 Å². The first-order valence-corrected chi connectivity index (χ1v) is 8.08. The van der Waals surface area contributed by atoms with Crippen molar-refractivity contribution >= 4 is 5.78 Å². The van der Waals surface area contributed by atoms with Gasteiger partial charge in [0.1, 0.15) is 5.78 Å². The maximum atomic E-state index is 11.7. The fourth-order valence-corrected chi connectivity index (χ4v) is 5.44. The highest BCUT2D eigenvalue weighted by molar-refractivity contribution is 5.82. The number of fused-ring (bicyclic) bond motifs is 5. The van der Waals surface area contributed by atoms with E-state index in [-0.39, 0.29) is 0 Å². The molecule has 1 nitrogen and oxygen atoms in total. The number of allylic oxidation sites excluding steroid dienone is 4. The van der Waals surface area contributed by atoms with E-state index in [0.29, 0.717) is 17.1 Å². The molecular weight excluding hydrogens is 232 g/mol. The van der Waals surface area contributed by atoms with Crippen LogP contribution in [0.25, 0.3) is 0 Å². The summed E-state index contributed by atoms with van der Waals surface area (Å²) in [7, 11) is 0. The summed E-state index contributed by atoms with van der Waals surface area (Å²) in [6.07, 6.45) is 14.5. The Balaban J connectivity index is 1.69. The van der Waals surface area contributed by atoms with E-state index in [2.05, 4.69) is 19.1 Å². The lowest BCUT2D eigenvalue weighted by Gasteiger charge is -2.47. The number of Topliss-reactive ketones (excluding diaryl/α,β-unsaturated/α-hetero) is 1.